The minimum absolute atomic E-state index is 0.210. The van der Waals surface area contributed by atoms with Crippen LogP contribution in [-0.2, 0) is 9.53 Å². The van der Waals surface area contributed by atoms with E-state index in [1.807, 2.05) is 23.2 Å². The van der Waals surface area contributed by atoms with Gasteiger partial charge in [0.15, 0.2) is 5.65 Å². The number of fused-ring (bicyclic) bond motifs is 1. The summed E-state index contributed by atoms with van der Waals surface area (Å²) in [6.07, 6.45) is 4.46. The lowest BCUT2D eigenvalue weighted by atomic mass is 10.4. The number of esters is 1. The lowest BCUT2D eigenvalue weighted by molar-refractivity contribution is -0.138. The fourth-order valence-electron chi connectivity index (χ4n) is 1.74. The van der Waals surface area contributed by atoms with Gasteiger partial charge in [-0.3, -0.25) is 4.79 Å². The molecule has 2 aromatic rings. The summed E-state index contributed by atoms with van der Waals surface area (Å²) in [5.41, 5.74) is 0.762. The van der Waals surface area contributed by atoms with Crippen molar-refractivity contribution in [2.75, 3.05) is 25.1 Å². The van der Waals surface area contributed by atoms with Crippen molar-refractivity contribution in [1.82, 2.24) is 14.6 Å². The van der Waals surface area contributed by atoms with E-state index in [1.54, 1.807) is 10.7 Å². The summed E-state index contributed by atoms with van der Waals surface area (Å²) < 4.78 is 6.38. The fourth-order valence-corrected chi connectivity index (χ4v) is 1.74. The van der Waals surface area contributed by atoms with Crippen molar-refractivity contribution < 1.29 is 9.53 Å². The second-order valence-corrected chi connectivity index (χ2v) is 3.92. The lowest BCUT2D eigenvalue weighted by Crippen LogP contribution is -2.32. The van der Waals surface area contributed by atoms with Crippen molar-refractivity contribution in [1.29, 1.82) is 0 Å². The zero-order chi connectivity index (χ0) is 13.0. The van der Waals surface area contributed by atoms with Gasteiger partial charge in [-0.05, 0) is 12.5 Å². The van der Waals surface area contributed by atoms with Crippen LogP contribution in [0.2, 0.25) is 0 Å². The molecule has 6 heteroatoms. The fraction of sp³-hybridized carbons (Fsp3) is 0.417. The van der Waals surface area contributed by atoms with Gasteiger partial charge >= 0.3 is 5.97 Å². The third kappa shape index (κ3) is 2.58. The van der Waals surface area contributed by atoms with Crippen molar-refractivity contribution in [3.05, 3.63) is 24.5 Å². The number of aromatic nitrogens is 3. The van der Waals surface area contributed by atoms with Crippen LogP contribution in [-0.4, -0.2) is 40.8 Å². The number of hydrogen-bond acceptors (Lipinski definition) is 5. The van der Waals surface area contributed by atoms with Gasteiger partial charge in [0.1, 0.15) is 12.4 Å². The van der Waals surface area contributed by atoms with Crippen LogP contribution in [0.15, 0.2) is 24.5 Å². The highest BCUT2D eigenvalue weighted by Crippen LogP contribution is 2.12. The standard InChI is InChI=1S/C12H16N4O2/c1-3-7-15(9-12(17)18-2)10-5-8-16-11(14-10)4-6-13-16/h4-6,8H,3,7,9H2,1-2H3. The van der Waals surface area contributed by atoms with E-state index in [1.165, 1.54) is 7.11 Å². The first-order valence-electron chi connectivity index (χ1n) is 5.86. The van der Waals surface area contributed by atoms with E-state index in [2.05, 4.69) is 17.0 Å². The molecule has 0 aliphatic rings. The molecule has 0 saturated heterocycles. The average Bonchev–Trinajstić information content (AvgIpc) is 2.85. The summed E-state index contributed by atoms with van der Waals surface area (Å²) in [5.74, 6) is 0.494. The van der Waals surface area contributed by atoms with Crippen LogP contribution in [0, 0.1) is 0 Å². The normalized spacial score (nSPS) is 10.6. The second-order valence-electron chi connectivity index (χ2n) is 3.92. The highest BCUT2D eigenvalue weighted by atomic mass is 16.5. The van der Waals surface area contributed by atoms with Crippen LogP contribution in [0.25, 0.3) is 5.65 Å². The molecule has 6 nitrogen and oxygen atoms in total. The van der Waals surface area contributed by atoms with Gasteiger partial charge in [-0.25, -0.2) is 9.50 Å². The molecule has 0 atom stereocenters. The molecule has 0 saturated carbocycles. The van der Waals surface area contributed by atoms with Gasteiger partial charge in [0.25, 0.3) is 0 Å². The number of ether oxygens (including phenoxy) is 1. The van der Waals surface area contributed by atoms with Gasteiger partial charge in [-0.1, -0.05) is 6.92 Å². The van der Waals surface area contributed by atoms with E-state index in [0.717, 1.165) is 24.4 Å². The van der Waals surface area contributed by atoms with E-state index in [9.17, 15) is 4.79 Å². The first-order chi connectivity index (χ1) is 8.74. The third-order valence-electron chi connectivity index (χ3n) is 2.61. The molecular formula is C12H16N4O2. The zero-order valence-electron chi connectivity index (χ0n) is 10.5. The van der Waals surface area contributed by atoms with Crippen LogP contribution in [0.5, 0.6) is 0 Å². The summed E-state index contributed by atoms with van der Waals surface area (Å²) in [5, 5.41) is 4.09. The third-order valence-corrected chi connectivity index (χ3v) is 2.61. The van der Waals surface area contributed by atoms with E-state index in [-0.39, 0.29) is 12.5 Å². The number of methoxy groups -OCH3 is 1. The van der Waals surface area contributed by atoms with Crippen LogP contribution in [0.4, 0.5) is 5.82 Å². The number of nitrogens with zero attached hydrogens (tertiary/aromatic N) is 4. The van der Waals surface area contributed by atoms with Crippen LogP contribution in [0.3, 0.4) is 0 Å². The Bertz CT molecular complexity index is 538. The average molecular weight is 248 g/mol. The molecule has 0 bridgehead atoms. The number of rotatable bonds is 5. The topological polar surface area (TPSA) is 59.7 Å². The monoisotopic (exact) mass is 248 g/mol. The summed E-state index contributed by atoms with van der Waals surface area (Å²) in [6, 6.07) is 3.67. The number of anilines is 1. The first-order valence-corrected chi connectivity index (χ1v) is 5.86. The number of hydrogen-bond donors (Lipinski definition) is 0. The second kappa shape index (κ2) is 5.48. The van der Waals surface area contributed by atoms with E-state index in [4.69, 9.17) is 4.74 Å². The molecule has 96 valence electrons. The van der Waals surface area contributed by atoms with Crippen molar-refractivity contribution in [3.63, 3.8) is 0 Å². The molecule has 2 heterocycles. The predicted octanol–water partition coefficient (Wildman–Crippen LogP) is 1.12. The Kier molecular flexibility index (Phi) is 3.76. The molecule has 0 aliphatic carbocycles. The molecule has 0 spiro atoms. The van der Waals surface area contributed by atoms with Crippen molar-refractivity contribution in [2.24, 2.45) is 0 Å². The van der Waals surface area contributed by atoms with Gasteiger partial charge < -0.3 is 9.64 Å². The van der Waals surface area contributed by atoms with Crippen molar-refractivity contribution in [3.8, 4) is 0 Å². The summed E-state index contributed by atoms with van der Waals surface area (Å²) >= 11 is 0. The molecule has 0 radical (unpaired) electrons. The minimum Gasteiger partial charge on any atom is -0.468 e. The summed E-state index contributed by atoms with van der Waals surface area (Å²) in [4.78, 5) is 17.7. The summed E-state index contributed by atoms with van der Waals surface area (Å²) in [6.45, 7) is 3.02. The van der Waals surface area contributed by atoms with E-state index >= 15 is 0 Å². The van der Waals surface area contributed by atoms with Gasteiger partial charge in [-0.2, -0.15) is 5.10 Å². The Morgan fingerprint density at radius 1 is 1.50 bits per heavy atom. The molecule has 0 aromatic carbocycles. The molecule has 2 aromatic heterocycles. The first kappa shape index (κ1) is 12.3. The minimum atomic E-state index is -0.265. The quantitative estimate of drug-likeness (QED) is 0.742. The van der Waals surface area contributed by atoms with Gasteiger partial charge in [0.05, 0.1) is 13.3 Å². The lowest BCUT2D eigenvalue weighted by Gasteiger charge is -2.21. The van der Waals surface area contributed by atoms with Crippen LogP contribution >= 0.6 is 0 Å². The maximum atomic E-state index is 11.4. The van der Waals surface area contributed by atoms with Crippen molar-refractivity contribution >= 4 is 17.4 Å². The van der Waals surface area contributed by atoms with Crippen LogP contribution < -0.4 is 4.90 Å². The zero-order valence-corrected chi connectivity index (χ0v) is 10.5. The van der Waals surface area contributed by atoms with Gasteiger partial charge in [0.2, 0.25) is 0 Å². The molecule has 0 fully saturated rings. The van der Waals surface area contributed by atoms with Crippen molar-refractivity contribution in [2.45, 2.75) is 13.3 Å². The summed E-state index contributed by atoms with van der Waals surface area (Å²) in [7, 11) is 1.39. The smallest absolute Gasteiger partial charge is 0.325 e. The molecule has 2 rings (SSSR count). The van der Waals surface area contributed by atoms with Crippen LogP contribution in [0.1, 0.15) is 13.3 Å². The molecular weight excluding hydrogens is 232 g/mol. The largest absolute Gasteiger partial charge is 0.468 e. The Balaban J connectivity index is 2.25. The van der Waals surface area contributed by atoms with E-state index in [0.29, 0.717) is 0 Å². The Hall–Kier alpha value is -2.11. The highest BCUT2D eigenvalue weighted by Gasteiger charge is 2.12. The predicted molar refractivity (Wildman–Crippen MR) is 67.5 cm³/mol. The van der Waals surface area contributed by atoms with Gasteiger partial charge in [0, 0.05) is 18.8 Å². The molecule has 18 heavy (non-hydrogen) atoms. The molecule has 0 aliphatic heterocycles. The highest BCUT2D eigenvalue weighted by molar-refractivity contribution is 5.75. The maximum Gasteiger partial charge on any atom is 0.325 e. The molecule has 0 N–H and O–H groups in total. The number of carbonyl (C=O) groups is 1. The molecule has 0 amide bonds. The molecule has 0 unspecified atom stereocenters. The van der Waals surface area contributed by atoms with Gasteiger partial charge in [-0.15, -0.1) is 0 Å². The van der Waals surface area contributed by atoms with E-state index < -0.39 is 0 Å². The SMILES string of the molecule is CCCN(CC(=O)OC)c1ccn2nccc2n1. The Morgan fingerprint density at radius 2 is 2.33 bits per heavy atom. The number of carbonyl (C=O) groups excluding carboxylic acids is 1. The maximum absolute atomic E-state index is 11.4. The Labute approximate surface area is 105 Å². The Morgan fingerprint density at radius 3 is 3.06 bits per heavy atom.